The second-order valence-corrected chi connectivity index (χ2v) is 7.58. The van der Waals surface area contributed by atoms with Crippen LogP contribution in [0, 0.1) is 19.7 Å². The van der Waals surface area contributed by atoms with E-state index in [1.54, 1.807) is 0 Å². The number of nitrogens with one attached hydrogen (secondary N) is 1. The highest BCUT2D eigenvalue weighted by Gasteiger charge is 2.12. The average Bonchev–Trinajstić information content (AvgIpc) is 3.15. The first kappa shape index (κ1) is 18.9. The van der Waals surface area contributed by atoms with E-state index in [1.807, 2.05) is 31.4 Å². The molecule has 0 aliphatic heterocycles. The Labute approximate surface area is 169 Å². The number of amides is 1. The molecular weight excluding hydrogens is 391 g/mol. The zero-order valence-corrected chi connectivity index (χ0v) is 16.6. The van der Waals surface area contributed by atoms with Crippen LogP contribution in [-0.4, -0.2) is 20.4 Å². The molecule has 2 heterocycles. The summed E-state index contributed by atoms with van der Waals surface area (Å²) in [5.74, 6) is -0.939. The van der Waals surface area contributed by atoms with Crippen LogP contribution >= 0.6 is 11.3 Å². The van der Waals surface area contributed by atoms with Crippen molar-refractivity contribution in [3.63, 3.8) is 0 Å². The van der Waals surface area contributed by atoms with Gasteiger partial charge in [0.25, 0.3) is 5.56 Å². The van der Waals surface area contributed by atoms with Crippen LogP contribution in [0.5, 0.6) is 0 Å². The number of nitrogens with zero attached hydrogens (tertiary/aromatic N) is 3. The van der Waals surface area contributed by atoms with E-state index < -0.39 is 17.3 Å². The van der Waals surface area contributed by atoms with Gasteiger partial charge in [-0.2, -0.15) is 0 Å². The van der Waals surface area contributed by atoms with E-state index in [-0.39, 0.29) is 11.9 Å². The maximum atomic E-state index is 13.4. The molecule has 4 rings (SSSR count). The Bertz CT molecular complexity index is 1300. The maximum absolute atomic E-state index is 13.4. The Balaban J connectivity index is 1.51. The molecule has 29 heavy (non-hydrogen) atoms. The summed E-state index contributed by atoms with van der Waals surface area (Å²) in [6, 6.07) is 9.86. The SMILES string of the molecule is Cc1ccc(-c2csc(NC(=O)Cn3cnc4ccc(F)cc4c3=O)n2)cc1C. The van der Waals surface area contributed by atoms with E-state index in [0.717, 1.165) is 21.9 Å². The van der Waals surface area contributed by atoms with Gasteiger partial charge in [-0.25, -0.2) is 14.4 Å². The molecule has 146 valence electrons. The van der Waals surface area contributed by atoms with Crippen molar-refractivity contribution in [1.82, 2.24) is 14.5 Å². The van der Waals surface area contributed by atoms with Gasteiger partial charge in [-0.15, -0.1) is 11.3 Å². The van der Waals surface area contributed by atoms with Gasteiger partial charge in [0.15, 0.2) is 5.13 Å². The number of hydrogen-bond acceptors (Lipinski definition) is 5. The number of hydrogen-bond donors (Lipinski definition) is 1. The van der Waals surface area contributed by atoms with Gasteiger partial charge in [0.1, 0.15) is 12.4 Å². The third-order valence-corrected chi connectivity index (χ3v) is 5.41. The van der Waals surface area contributed by atoms with Gasteiger partial charge in [-0.3, -0.25) is 14.2 Å². The minimum atomic E-state index is -0.528. The Morgan fingerprint density at radius 3 is 2.79 bits per heavy atom. The normalized spacial score (nSPS) is 11.0. The summed E-state index contributed by atoms with van der Waals surface area (Å²) in [6.07, 6.45) is 1.28. The lowest BCUT2D eigenvalue weighted by Crippen LogP contribution is -2.27. The van der Waals surface area contributed by atoms with Gasteiger partial charge in [-0.1, -0.05) is 12.1 Å². The van der Waals surface area contributed by atoms with Gasteiger partial charge in [0, 0.05) is 10.9 Å². The van der Waals surface area contributed by atoms with Crippen molar-refractivity contribution in [2.45, 2.75) is 20.4 Å². The second-order valence-electron chi connectivity index (χ2n) is 6.72. The lowest BCUT2D eigenvalue weighted by molar-refractivity contribution is -0.116. The Morgan fingerprint density at radius 1 is 1.17 bits per heavy atom. The van der Waals surface area contributed by atoms with Crippen molar-refractivity contribution < 1.29 is 9.18 Å². The van der Waals surface area contributed by atoms with Crippen molar-refractivity contribution in [3.05, 3.63) is 75.4 Å². The maximum Gasteiger partial charge on any atom is 0.261 e. The molecular formula is C21H17FN4O2S. The summed E-state index contributed by atoms with van der Waals surface area (Å²) in [4.78, 5) is 33.4. The molecule has 0 radical (unpaired) electrons. The lowest BCUT2D eigenvalue weighted by Gasteiger charge is -2.06. The predicted octanol–water partition coefficient (Wildman–Crippen LogP) is 3.91. The largest absolute Gasteiger partial charge is 0.300 e. The van der Waals surface area contributed by atoms with Gasteiger partial charge in [0.2, 0.25) is 5.91 Å². The monoisotopic (exact) mass is 408 g/mol. The quantitative estimate of drug-likeness (QED) is 0.555. The highest BCUT2D eigenvalue weighted by Crippen LogP contribution is 2.26. The Kier molecular flexibility index (Phi) is 4.94. The first-order chi connectivity index (χ1) is 13.9. The summed E-state index contributed by atoms with van der Waals surface area (Å²) in [5, 5.41) is 5.14. The molecule has 0 unspecified atom stereocenters. The van der Waals surface area contributed by atoms with Crippen LogP contribution in [0.3, 0.4) is 0 Å². The number of carbonyl (C=O) groups is 1. The van der Waals surface area contributed by atoms with Crippen LogP contribution in [0.1, 0.15) is 11.1 Å². The third kappa shape index (κ3) is 3.93. The fraction of sp³-hybridized carbons (Fsp3) is 0.143. The van der Waals surface area contributed by atoms with Gasteiger partial charge >= 0.3 is 0 Å². The summed E-state index contributed by atoms with van der Waals surface area (Å²) in [5.41, 5.74) is 4.02. The molecule has 1 N–H and O–H groups in total. The van der Waals surface area contributed by atoms with Crippen molar-refractivity contribution in [2.24, 2.45) is 0 Å². The molecule has 0 fully saturated rings. The van der Waals surface area contributed by atoms with Gasteiger partial charge in [0.05, 0.1) is 22.9 Å². The van der Waals surface area contributed by atoms with E-state index in [2.05, 4.69) is 21.4 Å². The number of fused-ring (bicyclic) bond motifs is 1. The minimum Gasteiger partial charge on any atom is -0.300 e. The molecule has 0 saturated carbocycles. The minimum absolute atomic E-state index is 0.131. The van der Waals surface area contributed by atoms with Gasteiger partial charge in [-0.05, 0) is 49.2 Å². The number of aromatic nitrogens is 3. The summed E-state index contributed by atoms with van der Waals surface area (Å²) < 4.78 is 14.6. The van der Waals surface area contributed by atoms with Crippen LogP contribution in [0.25, 0.3) is 22.2 Å². The highest BCUT2D eigenvalue weighted by atomic mass is 32.1. The van der Waals surface area contributed by atoms with E-state index in [4.69, 9.17) is 0 Å². The number of anilines is 1. The smallest absolute Gasteiger partial charge is 0.261 e. The number of thiazole rings is 1. The third-order valence-electron chi connectivity index (χ3n) is 4.65. The molecule has 0 spiro atoms. The van der Waals surface area contributed by atoms with E-state index in [0.29, 0.717) is 10.6 Å². The molecule has 0 aliphatic carbocycles. The lowest BCUT2D eigenvalue weighted by atomic mass is 10.1. The molecule has 0 aliphatic rings. The molecule has 6 nitrogen and oxygen atoms in total. The molecule has 2 aromatic carbocycles. The molecule has 0 bridgehead atoms. The van der Waals surface area contributed by atoms with Crippen molar-refractivity contribution in [3.8, 4) is 11.3 Å². The van der Waals surface area contributed by atoms with Crippen LogP contribution < -0.4 is 10.9 Å². The Hall–Kier alpha value is -3.39. The first-order valence-electron chi connectivity index (χ1n) is 8.88. The molecule has 1 amide bonds. The van der Waals surface area contributed by atoms with Crippen LogP contribution in [0.4, 0.5) is 9.52 Å². The fourth-order valence-corrected chi connectivity index (χ4v) is 3.66. The summed E-state index contributed by atoms with van der Waals surface area (Å²) in [6.45, 7) is 3.84. The Morgan fingerprint density at radius 2 is 2.00 bits per heavy atom. The molecule has 0 atom stereocenters. The van der Waals surface area contributed by atoms with Crippen LogP contribution in [0.15, 0.2) is 52.9 Å². The number of aryl methyl sites for hydroxylation is 2. The van der Waals surface area contributed by atoms with Crippen LogP contribution in [0.2, 0.25) is 0 Å². The summed E-state index contributed by atoms with van der Waals surface area (Å²) in [7, 11) is 0. The molecule has 4 aromatic rings. The molecule has 0 saturated heterocycles. The van der Waals surface area contributed by atoms with E-state index >= 15 is 0 Å². The zero-order valence-electron chi connectivity index (χ0n) is 15.8. The molecule has 2 aromatic heterocycles. The van der Waals surface area contributed by atoms with Crippen molar-refractivity contribution in [2.75, 3.05) is 5.32 Å². The number of rotatable bonds is 4. The van der Waals surface area contributed by atoms with Crippen LogP contribution in [-0.2, 0) is 11.3 Å². The van der Waals surface area contributed by atoms with E-state index in [1.165, 1.54) is 40.9 Å². The zero-order chi connectivity index (χ0) is 20.5. The highest BCUT2D eigenvalue weighted by molar-refractivity contribution is 7.14. The number of carbonyl (C=O) groups excluding carboxylic acids is 1. The fourth-order valence-electron chi connectivity index (χ4n) is 2.92. The van der Waals surface area contributed by atoms with Crippen molar-refractivity contribution >= 4 is 33.3 Å². The number of halogens is 1. The van der Waals surface area contributed by atoms with E-state index in [9.17, 15) is 14.0 Å². The van der Waals surface area contributed by atoms with Crippen molar-refractivity contribution in [1.29, 1.82) is 0 Å². The predicted molar refractivity (Wildman–Crippen MR) is 112 cm³/mol. The standard InChI is InChI=1S/C21H17FN4O2S/c1-12-3-4-14(7-13(12)2)18-10-29-21(24-18)25-19(27)9-26-11-23-17-6-5-15(22)8-16(17)20(26)28/h3-8,10-11H,9H2,1-2H3,(H,24,25,27). The average molecular weight is 408 g/mol. The summed E-state index contributed by atoms with van der Waals surface area (Å²) >= 11 is 1.31. The van der Waals surface area contributed by atoms with Gasteiger partial charge < -0.3 is 5.32 Å². The first-order valence-corrected chi connectivity index (χ1v) is 9.76. The molecule has 8 heteroatoms. The second kappa shape index (κ2) is 7.56. The number of benzene rings is 2. The topological polar surface area (TPSA) is 76.9 Å².